The average molecular weight is 361 g/mol. The quantitative estimate of drug-likeness (QED) is 0.473. The summed E-state index contributed by atoms with van der Waals surface area (Å²) in [7, 11) is 1.86. The van der Waals surface area contributed by atoms with Crippen molar-refractivity contribution < 1.29 is 21.8 Å². The fraction of sp³-hybridized carbons (Fsp3) is 0.167. The second kappa shape index (κ2) is 7.16. The average Bonchev–Trinajstić information content (AvgIpc) is 2.94. The third-order valence-corrected chi connectivity index (χ3v) is 3.14. The van der Waals surface area contributed by atoms with Crippen LogP contribution in [0, 0.1) is 0 Å². The summed E-state index contributed by atoms with van der Waals surface area (Å²) in [6.45, 7) is 0.445. The van der Waals surface area contributed by atoms with E-state index in [2.05, 4.69) is 31.2 Å². The van der Waals surface area contributed by atoms with Gasteiger partial charge in [0.1, 0.15) is 17.6 Å². The number of hydrogen-bond acceptors (Lipinski definition) is 2. The first-order valence-electron chi connectivity index (χ1n) is 5.69. The maximum atomic E-state index is 11.7. The van der Waals surface area contributed by atoms with Crippen molar-refractivity contribution in [1.29, 1.82) is 0 Å². The number of nitrogen functional groups attached to an aromatic ring is 1. The fourth-order valence-corrected chi connectivity index (χ4v) is 1.91. The van der Waals surface area contributed by atoms with Crippen LogP contribution in [0.2, 0.25) is 0 Å². The van der Waals surface area contributed by atoms with Gasteiger partial charge in [-0.15, -0.1) is 0 Å². The van der Waals surface area contributed by atoms with E-state index in [9.17, 15) is 4.79 Å². The van der Waals surface area contributed by atoms with Crippen LogP contribution >= 0.6 is 15.9 Å². The van der Waals surface area contributed by atoms with E-state index in [0.29, 0.717) is 18.2 Å². The zero-order valence-corrected chi connectivity index (χ0v) is 13.1. The van der Waals surface area contributed by atoms with Gasteiger partial charge >= 0.3 is 5.95 Å². The first-order chi connectivity index (χ1) is 9.08. The number of hydrogen-bond donors (Lipinski definition) is 4. The summed E-state index contributed by atoms with van der Waals surface area (Å²) in [5.74, 6) is 0.438. The number of halogens is 2. The van der Waals surface area contributed by atoms with Crippen LogP contribution in [0.15, 0.2) is 29.0 Å². The van der Waals surface area contributed by atoms with Gasteiger partial charge in [0.25, 0.3) is 5.91 Å². The number of nitrogens with zero attached hydrogens (tertiary/aromatic N) is 1. The van der Waals surface area contributed by atoms with E-state index in [-0.39, 0.29) is 18.3 Å². The van der Waals surface area contributed by atoms with Crippen LogP contribution in [0.1, 0.15) is 16.2 Å². The van der Waals surface area contributed by atoms with E-state index in [4.69, 9.17) is 5.73 Å². The Balaban J connectivity index is 0.00000200. The zero-order chi connectivity index (χ0) is 13.8. The number of amides is 1. The van der Waals surface area contributed by atoms with E-state index in [1.54, 1.807) is 18.5 Å². The Bertz CT molecular complexity index is 619. The summed E-state index contributed by atoms with van der Waals surface area (Å²) in [6.07, 6.45) is 7.26. The van der Waals surface area contributed by atoms with Crippen LogP contribution < -0.4 is 28.0 Å². The highest BCUT2D eigenvalue weighted by Crippen LogP contribution is 2.10. The van der Waals surface area contributed by atoms with Gasteiger partial charge in [0.05, 0.1) is 7.05 Å². The van der Waals surface area contributed by atoms with Crippen LogP contribution in [0.3, 0.4) is 0 Å². The lowest BCUT2D eigenvalue weighted by atomic mass is 10.3. The Labute approximate surface area is 131 Å². The summed E-state index contributed by atoms with van der Waals surface area (Å²) in [5, 5.41) is 2.78. The monoisotopic (exact) mass is 359 g/mol. The first kappa shape index (κ1) is 16.3. The molecular weight excluding hydrogens is 346 g/mol. The molecule has 1 amide bonds. The molecule has 2 rings (SSSR count). The second-order valence-corrected chi connectivity index (χ2v) is 4.92. The van der Waals surface area contributed by atoms with Crippen molar-refractivity contribution in [3.05, 3.63) is 40.4 Å². The third-order valence-electron chi connectivity index (χ3n) is 2.68. The minimum Gasteiger partial charge on any atom is -1.00 e. The highest BCUT2D eigenvalue weighted by molar-refractivity contribution is 9.10. The summed E-state index contributed by atoms with van der Waals surface area (Å²) in [5.41, 5.74) is 7.13. The van der Waals surface area contributed by atoms with Crippen LogP contribution in [0.5, 0.6) is 0 Å². The molecule has 0 unspecified atom stereocenters. The van der Waals surface area contributed by atoms with Crippen molar-refractivity contribution >= 4 is 33.9 Å². The molecule has 0 aliphatic rings. The topological polar surface area (TPSA) is 90.6 Å². The van der Waals surface area contributed by atoms with Crippen molar-refractivity contribution in [3.8, 4) is 0 Å². The molecule has 6 nitrogen and oxygen atoms in total. The van der Waals surface area contributed by atoms with Crippen LogP contribution in [0.25, 0.3) is 6.08 Å². The Morgan fingerprint density at radius 1 is 1.50 bits per heavy atom. The standard InChI is InChI=1S/C12H14BrN5O.ClH/c1-18-9(7-17-12(18)14)3-2-4-15-11(19)10-5-8(13)6-16-10;/h2-3,5-7H,4H2,1H3,(H4,14,15,16,17,19);1H/b3-2-;. The molecule has 8 heteroatoms. The van der Waals surface area contributed by atoms with Crippen molar-refractivity contribution in [2.75, 3.05) is 12.3 Å². The highest BCUT2D eigenvalue weighted by atomic mass is 79.9. The Hall–Kier alpha value is -1.73. The normalized spacial score (nSPS) is 10.5. The number of imidazole rings is 1. The van der Waals surface area contributed by atoms with Gasteiger partial charge in [-0.1, -0.05) is 6.08 Å². The molecule has 5 N–H and O–H groups in total. The van der Waals surface area contributed by atoms with Crippen molar-refractivity contribution in [2.24, 2.45) is 7.05 Å². The molecular formula is C12H15BrClN5O. The number of rotatable bonds is 4. The zero-order valence-electron chi connectivity index (χ0n) is 10.8. The Kier molecular flexibility index (Phi) is 5.84. The number of H-pyrrole nitrogens is 2. The maximum Gasteiger partial charge on any atom is 0.352 e. The van der Waals surface area contributed by atoms with Gasteiger partial charge in [0, 0.05) is 17.2 Å². The molecule has 2 aromatic heterocycles. The number of carbonyl (C=O) groups excluding carboxylic acids is 1. The molecule has 0 aromatic carbocycles. The van der Waals surface area contributed by atoms with Crippen molar-refractivity contribution in [1.82, 2.24) is 15.3 Å². The molecule has 0 atom stereocenters. The predicted octanol–water partition coefficient (Wildman–Crippen LogP) is -2.04. The molecule has 0 bridgehead atoms. The van der Waals surface area contributed by atoms with Gasteiger partial charge in [0.15, 0.2) is 0 Å². The number of carbonyl (C=O) groups is 1. The number of nitrogens with two attached hydrogens (primary N) is 1. The molecule has 20 heavy (non-hydrogen) atoms. The van der Waals surface area contributed by atoms with E-state index in [1.165, 1.54) is 0 Å². The van der Waals surface area contributed by atoms with Crippen LogP contribution in [-0.2, 0) is 7.05 Å². The van der Waals surface area contributed by atoms with Gasteiger partial charge < -0.3 is 22.7 Å². The number of anilines is 1. The van der Waals surface area contributed by atoms with Crippen molar-refractivity contribution in [2.45, 2.75) is 0 Å². The number of nitrogens with one attached hydrogen (secondary N) is 3. The lowest BCUT2D eigenvalue weighted by molar-refractivity contribution is -0.657. The first-order valence-corrected chi connectivity index (χ1v) is 6.49. The minimum absolute atomic E-state index is 0. The summed E-state index contributed by atoms with van der Waals surface area (Å²) >= 11 is 3.28. The SMILES string of the molecule is C[n+]1c(/C=C\CNC(=O)c2cc(Br)c[nH]2)c[nH]c1N.[Cl-]. The third kappa shape index (κ3) is 3.88. The summed E-state index contributed by atoms with van der Waals surface area (Å²) in [6, 6.07) is 1.73. The molecule has 0 fully saturated rings. The molecule has 0 saturated heterocycles. The van der Waals surface area contributed by atoms with E-state index < -0.39 is 0 Å². The van der Waals surface area contributed by atoms with Gasteiger partial charge in [-0.2, -0.15) is 0 Å². The van der Waals surface area contributed by atoms with Gasteiger partial charge in [0.2, 0.25) is 0 Å². The molecule has 2 aromatic rings. The van der Waals surface area contributed by atoms with Crippen LogP contribution in [-0.4, -0.2) is 22.4 Å². The molecule has 0 spiro atoms. The Morgan fingerprint density at radius 2 is 2.25 bits per heavy atom. The minimum atomic E-state index is -0.145. The molecule has 108 valence electrons. The molecule has 0 saturated carbocycles. The number of aromatic nitrogens is 3. The lowest BCUT2D eigenvalue weighted by Crippen LogP contribution is -3.00. The van der Waals surface area contributed by atoms with Crippen molar-refractivity contribution in [3.63, 3.8) is 0 Å². The highest BCUT2D eigenvalue weighted by Gasteiger charge is 2.07. The maximum absolute atomic E-state index is 11.7. The fourth-order valence-electron chi connectivity index (χ4n) is 1.57. The summed E-state index contributed by atoms with van der Waals surface area (Å²) in [4.78, 5) is 17.5. The number of aromatic amines is 2. The second-order valence-electron chi connectivity index (χ2n) is 4.00. The largest absolute Gasteiger partial charge is 1.00 e. The summed E-state index contributed by atoms with van der Waals surface area (Å²) < 4.78 is 2.67. The Morgan fingerprint density at radius 3 is 2.80 bits per heavy atom. The van der Waals surface area contributed by atoms with Crippen LogP contribution in [0.4, 0.5) is 5.95 Å². The molecule has 0 radical (unpaired) electrons. The van der Waals surface area contributed by atoms with Gasteiger partial charge in [-0.25, -0.2) is 9.55 Å². The van der Waals surface area contributed by atoms with E-state index in [1.807, 2.05) is 23.8 Å². The smallest absolute Gasteiger partial charge is 0.352 e. The molecule has 2 heterocycles. The predicted molar refractivity (Wildman–Crippen MR) is 76.2 cm³/mol. The van der Waals surface area contributed by atoms with Gasteiger partial charge in [-0.05, 0) is 28.1 Å². The van der Waals surface area contributed by atoms with E-state index >= 15 is 0 Å². The molecule has 0 aliphatic heterocycles. The lowest BCUT2D eigenvalue weighted by Gasteiger charge is -1.98. The molecule has 0 aliphatic carbocycles. The van der Waals surface area contributed by atoms with Gasteiger partial charge in [-0.3, -0.25) is 10.5 Å². The van der Waals surface area contributed by atoms with E-state index in [0.717, 1.165) is 10.2 Å².